The topological polar surface area (TPSA) is 108 Å². The van der Waals surface area contributed by atoms with Gasteiger partial charge < -0.3 is 20.3 Å². The molecular formula is C30H44N4O5S. The predicted octanol–water partition coefficient (Wildman–Crippen LogP) is 4.01. The van der Waals surface area contributed by atoms with Crippen molar-refractivity contribution in [2.75, 3.05) is 12.8 Å². The summed E-state index contributed by atoms with van der Waals surface area (Å²) in [6.45, 7) is 11.0. The SMILES string of the molecule is C[C@@H](C(=O)N[C@H]1CCSC2CC(C)(C)C(C(=O)N[C@@H]3CCCc4ccccc43)N2C1=O)N(C)C(=O)OC(C)(C)C. The van der Waals surface area contributed by atoms with Gasteiger partial charge in [0.25, 0.3) is 0 Å². The van der Waals surface area contributed by atoms with Crippen molar-refractivity contribution < 1.29 is 23.9 Å². The fraction of sp³-hybridized carbons (Fsp3) is 0.667. The van der Waals surface area contributed by atoms with Gasteiger partial charge in [0.1, 0.15) is 23.7 Å². The van der Waals surface area contributed by atoms with Gasteiger partial charge in [0.2, 0.25) is 17.7 Å². The lowest BCUT2D eigenvalue weighted by molar-refractivity contribution is -0.144. The van der Waals surface area contributed by atoms with Gasteiger partial charge in [-0.2, -0.15) is 0 Å². The third-order valence-electron chi connectivity index (χ3n) is 8.19. The molecule has 40 heavy (non-hydrogen) atoms. The van der Waals surface area contributed by atoms with Crippen molar-refractivity contribution >= 4 is 35.6 Å². The molecule has 2 saturated heterocycles. The van der Waals surface area contributed by atoms with Crippen LogP contribution >= 0.6 is 11.8 Å². The Kier molecular flexibility index (Phi) is 8.78. The summed E-state index contributed by atoms with van der Waals surface area (Å²) in [5.74, 6) is -0.152. The minimum atomic E-state index is -0.838. The number of ether oxygens (including phenoxy) is 1. The molecule has 1 aliphatic carbocycles. The zero-order chi connectivity index (χ0) is 29.4. The second-order valence-corrected chi connectivity index (χ2v) is 14.2. The smallest absolute Gasteiger partial charge is 0.410 e. The van der Waals surface area contributed by atoms with Crippen LogP contribution < -0.4 is 10.6 Å². The molecule has 0 radical (unpaired) electrons. The lowest BCUT2D eigenvalue weighted by atomic mass is 9.83. The van der Waals surface area contributed by atoms with E-state index in [-0.39, 0.29) is 23.2 Å². The Morgan fingerprint density at radius 1 is 1.12 bits per heavy atom. The third kappa shape index (κ3) is 6.42. The molecule has 2 N–H and O–H groups in total. The van der Waals surface area contributed by atoms with E-state index in [9.17, 15) is 19.2 Å². The fourth-order valence-corrected chi connectivity index (χ4v) is 7.54. The quantitative estimate of drug-likeness (QED) is 0.552. The molecule has 1 aromatic rings. The molecule has 10 heteroatoms. The number of carbonyl (C=O) groups is 4. The van der Waals surface area contributed by atoms with Crippen LogP contribution in [0, 0.1) is 5.41 Å². The maximum absolute atomic E-state index is 14.0. The lowest BCUT2D eigenvalue weighted by Crippen LogP contribution is -2.58. The number of fused-ring (bicyclic) bond motifs is 2. The monoisotopic (exact) mass is 572 g/mol. The van der Waals surface area contributed by atoms with Crippen molar-refractivity contribution in [3.63, 3.8) is 0 Å². The van der Waals surface area contributed by atoms with Gasteiger partial charge in [0.05, 0.1) is 11.4 Å². The van der Waals surface area contributed by atoms with Crippen molar-refractivity contribution in [1.29, 1.82) is 0 Å². The Morgan fingerprint density at radius 3 is 2.52 bits per heavy atom. The molecule has 0 aromatic heterocycles. The summed E-state index contributed by atoms with van der Waals surface area (Å²) in [5, 5.41) is 6.02. The number of hydrogen-bond donors (Lipinski definition) is 2. The number of rotatable bonds is 5. The molecule has 0 bridgehead atoms. The average molecular weight is 573 g/mol. The molecule has 2 heterocycles. The summed E-state index contributed by atoms with van der Waals surface area (Å²) in [6.07, 6.45) is 3.41. The Morgan fingerprint density at radius 2 is 1.82 bits per heavy atom. The molecule has 220 valence electrons. The van der Waals surface area contributed by atoms with Gasteiger partial charge in [-0.15, -0.1) is 11.8 Å². The standard InChI is InChI=1S/C30H44N4O5S/c1-18(33(7)28(38)39-29(2,3)4)25(35)32-22-15-16-40-23-17-30(5,6)24(34(23)27(22)37)26(36)31-21-14-10-12-19-11-8-9-13-20(19)21/h8-9,11,13,18,21-24H,10,12,14-17H2,1-7H3,(H,31,36)(H,32,35)/t18-,21+,22-,23?,24?/m0/s1. The van der Waals surface area contributed by atoms with E-state index in [0.717, 1.165) is 24.8 Å². The molecule has 0 saturated carbocycles. The Hall–Kier alpha value is -2.75. The molecular weight excluding hydrogens is 528 g/mol. The first-order chi connectivity index (χ1) is 18.7. The van der Waals surface area contributed by atoms with E-state index in [1.54, 1.807) is 44.4 Å². The highest BCUT2D eigenvalue weighted by Crippen LogP contribution is 2.46. The normalized spacial score (nSPS) is 26.6. The Bertz CT molecular complexity index is 1150. The molecule has 4 rings (SSSR count). The number of benzene rings is 1. The van der Waals surface area contributed by atoms with E-state index in [0.29, 0.717) is 18.6 Å². The summed E-state index contributed by atoms with van der Waals surface area (Å²) in [5.41, 5.74) is 1.29. The molecule has 0 spiro atoms. The van der Waals surface area contributed by atoms with Crippen molar-refractivity contribution in [3.8, 4) is 0 Å². The van der Waals surface area contributed by atoms with E-state index < -0.39 is 41.1 Å². The van der Waals surface area contributed by atoms with E-state index in [1.165, 1.54) is 17.5 Å². The second-order valence-electron chi connectivity index (χ2n) is 12.9. The van der Waals surface area contributed by atoms with E-state index in [4.69, 9.17) is 4.74 Å². The van der Waals surface area contributed by atoms with Gasteiger partial charge in [-0.05, 0) is 82.1 Å². The average Bonchev–Trinajstić information content (AvgIpc) is 3.07. The van der Waals surface area contributed by atoms with E-state index in [1.807, 2.05) is 26.0 Å². The van der Waals surface area contributed by atoms with Crippen molar-refractivity contribution in [1.82, 2.24) is 20.4 Å². The van der Waals surface area contributed by atoms with Gasteiger partial charge >= 0.3 is 6.09 Å². The first-order valence-electron chi connectivity index (χ1n) is 14.3. The van der Waals surface area contributed by atoms with Crippen LogP contribution in [0.4, 0.5) is 4.79 Å². The molecule has 2 unspecified atom stereocenters. The minimum Gasteiger partial charge on any atom is -0.444 e. The Balaban J connectivity index is 1.49. The minimum absolute atomic E-state index is 0.0817. The fourth-order valence-electron chi connectivity index (χ4n) is 5.97. The Labute approximate surface area is 242 Å². The number of nitrogens with zero attached hydrogens (tertiary/aromatic N) is 2. The summed E-state index contributed by atoms with van der Waals surface area (Å²) >= 11 is 1.66. The van der Waals surface area contributed by atoms with Crippen LogP contribution in [0.3, 0.4) is 0 Å². The number of thioether (sulfide) groups is 1. The summed E-state index contributed by atoms with van der Waals surface area (Å²) < 4.78 is 5.39. The van der Waals surface area contributed by atoms with Crippen LogP contribution in [0.5, 0.6) is 0 Å². The van der Waals surface area contributed by atoms with Crippen molar-refractivity contribution in [3.05, 3.63) is 35.4 Å². The summed E-state index contributed by atoms with van der Waals surface area (Å²) in [6, 6.07) is 5.88. The zero-order valence-electron chi connectivity index (χ0n) is 24.8. The third-order valence-corrected chi connectivity index (χ3v) is 9.44. The van der Waals surface area contributed by atoms with Gasteiger partial charge in [-0.25, -0.2) is 4.79 Å². The van der Waals surface area contributed by atoms with Crippen LogP contribution in [-0.2, 0) is 25.5 Å². The van der Waals surface area contributed by atoms with Gasteiger partial charge in [-0.3, -0.25) is 19.3 Å². The predicted molar refractivity (Wildman–Crippen MR) is 156 cm³/mol. The van der Waals surface area contributed by atoms with E-state index in [2.05, 4.69) is 22.8 Å². The largest absolute Gasteiger partial charge is 0.444 e. The molecule has 9 nitrogen and oxygen atoms in total. The first-order valence-corrected chi connectivity index (χ1v) is 15.3. The molecule has 4 amide bonds. The molecule has 5 atom stereocenters. The summed E-state index contributed by atoms with van der Waals surface area (Å²) in [7, 11) is 1.51. The molecule has 3 aliphatic rings. The maximum Gasteiger partial charge on any atom is 0.410 e. The van der Waals surface area contributed by atoms with Crippen molar-refractivity contribution in [2.24, 2.45) is 5.41 Å². The van der Waals surface area contributed by atoms with Crippen LogP contribution in [0.15, 0.2) is 24.3 Å². The first kappa shape index (κ1) is 30.2. The highest BCUT2D eigenvalue weighted by atomic mass is 32.2. The number of aryl methyl sites for hydroxylation is 1. The molecule has 2 aliphatic heterocycles. The highest BCUT2D eigenvalue weighted by Gasteiger charge is 2.54. The van der Waals surface area contributed by atoms with Crippen molar-refractivity contribution in [2.45, 2.75) is 109 Å². The van der Waals surface area contributed by atoms with Gasteiger partial charge in [0, 0.05) is 7.05 Å². The van der Waals surface area contributed by atoms with Crippen LogP contribution in [0.1, 0.15) is 84.4 Å². The number of hydrogen-bond acceptors (Lipinski definition) is 6. The maximum atomic E-state index is 14.0. The number of likely N-dealkylation sites (N-methyl/N-ethyl adjacent to an activating group) is 1. The van der Waals surface area contributed by atoms with Crippen LogP contribution in [0.2, 0.25) is 0 Å². The van der Waals surface area contributed by atoms with E-state index >= 15 is 0 Å². The highest BCUT2D eigenvalue weighted by molar-refractivity contribution is 7.99. The molecule has 2 fully saturated rings. The summed E-state index contributed by atoms with van der Waals surface area (Å²) in [4.78, 5) is 56.5. The second kappa shape index (κ2) is 11.6. The van der Waals surface area contributed by atoms with Crippen LogP contribution in [0.25, 0.3) is 0 Å². The molecule has 1 aromatic carbocycles. The number of nitrogens with one attached hydrogen (secondary N) is 2. The van der Waals surface area contributed by atoms with Crippen LogP contribution in [-0.4, -0.2) is 75.5 Å². The van der Waals surface area contributed by atoms with Gasteiger partial charge in [-0.1, -0.05) is 38.1 Å². The zero-order valence-corrected chi connectivity index (χ0v) is 25.6. The van der Waals surface area contributed by atoms with Gasteiger partial charge in [0.15, 0.2) is 0 Å². The lowest BCUT2D eigenvalue weighted by Gasteiger charge is -2.36. The number of carbonyl (C=O) groups excluding carboxylic acids is 4. The number of amides is 4.